The second-order valence-electron chi connectivity index (χ2n) is 4.27. The van der Waals surface area contributed by atoms with Crippen LogP contribution in [0.25, 0.3) is 0 Å². The minimum absolute atomic E-state index is 0.0893. The van der Waals surface area contributed by atoms with E-state index in [1.165, 1.54) is 0 Å². The minimum atomic E-state index is -4.29. The zero-order valence-corrected chi connectivity index (χ0v) is 10.3. The predicted octanol–water partition coefficient (Wildman–Crippen LogP) is 2.21. The molecule has 1 aromatic heterocycles. The van der Waals surface area contributed by atoms with Gasteiger partial charge in [-0.2, -0.15) is 18.3 Å². The van der Waals surface area contributed by atoms with Crippen LogP contribution in [0.5, 0.6) is 0 Å². The number of aryl methyl sites for hydroxylation is 1. The van der Waals surface area contributed by atoms with E-state index >= 15 is 0 Å². The molecule has 0 spiro atoms. The maximum absolute atomic E-state index is 11.9. The first kappa shape index (κ1) is 14.5. The summed E-state index contributed by atoms with van der Waals surface area (Å²) >= 11 is 0. The maximum Gasteiger partial charge on any atom is 0.389 e. The molecular formula is C11H16F3N3O. The Morgan fingerprint density at radius 2 is 2.22 bits per heavy atom. The van der Waals surface area contributed by atoms with E-state index in [0.29, 0.717) is 0 Å². The molecule has 0 radical (unpaired) electrons. The third kappa shape index (κ3) is 5.20. The number of nitrogens with one attached hydrogen (secondary N) is 1. The number of nitrogens with zero attached hydrogens (tertiary/aromatic N) is 2. The number of aromatic nitrogens is 2. The summed E-state index contributed by atoms with van der Waals surface area (Å²) in [4.78, 5) is 11.2. The van der Waals surface area contributed by atoms with E-state index in [1.54, 1.807) is 10.9 Å². The van der Waals surface area contributed by atoms with E-state index in [1.807, 2.05) is 20.0 Å². The molecule has 0 saturated carbocycles. The largest absolute Gasteiger partial charge is 0.389 e. The lowest BCUT2D eigenvalue weighted by Crippen LogP contribution is -2.30. The molecule has 1 atom stereocenters. The van der Waals surface area contributed by atoms with Gasteiger partial charge in [0.15, 0.2) is 0 Å². The molecule has 1 unspecified atom stereocenters. The van der Waals surface area contributed by atoms with Crippen LogP contribution in [0.1, 0.15) is 31.4 Å². The van der Waals surface area contributed by atoms with Gasteiger partial charge in [-0.3, -0.25) is 9.48 Å². The summed E-state index contributed by atoms with van der Waals surface area (Å²) in [5, 5.41) is 6.53. The number of alkyl halides is 3. The van der Waals surface area contributed by atoms with Gasteiger partial charge >= 0.3 is 6.18 Å². The van der Waals surface area contributed by atoms with E-state index in [-0.39, 0.29) is 12.6 Å². The summed E-state index contributed by atoms with van der Waals surface area (Å²) in [5.74, 6) is -0.594. The average Bonchev–Trinajstić information content (AvgIpc) is 2.69. The fourth-order valence-electron chi connectivity index (χ4n) is 1.37. The summed E-state index contributed by atoms with van der Waals surface area (Å²) in [5.41, 5.74) is 0.991. The van der Waals surface area contributed by atoms with Gasteiger partial charge in [-0.25, -0.2) is 0 Å². The van der Waals surface area contributed by atoms with Crippen LogP contribution in [0.4, 0.5) is 13.2 Å². The molecule has 0 aliphatic heterocycles. The highest BCUT2D eigenvalue weighted by Gasteiger charge is 2.27. The van der Waals surface area contributed by atoms with E-state index in [0.717, 1.165) is 5.56 Å². The molecule has 102 valence electrons. The van der Waals surface area contributed by atoms with Crippen LogP contribution in [-0.2, 0) is 4.79 Å². The molecule has 4 nitrogen and oxygen atoms in total. The lowest BCUT2D eigenvalue weighted by Gasteiger charge is -2.13. The molecule has 0 aliphatic rings. The fraction of sp³-hybridized carbons (Fsp3) is 0.636. The number of hydrogen-bond acceptors (Lipinski definition) is 2. The first-order chi connectivity index (χ1) is 8.28. The van der Waals surface area contributed by atoms with Crippen LogP contribution in [0.2, 0.25) is 0 Å². The molecule has 0 aromatic carbocycles. The first-order valence-electron chi connectivity index (χ1n) is 5.62. The standard InChI is InChI=1S/C11H16F3N3O/c1-8-5-16-17(7-8)9(2)6-15-10(18)3-4-11(12,13)14/h5,7,9H,3-4,6H2,1-2H3,(H,15,18). The molecule has 18 heavy (non-hydrogen) atoms. The second-order valence-corrected chi connectivity index (χ2v) is 4.27. The number of carbonyl (C=O) groups is 1. The van der Waals surface area contributed by atoms with E-state index in [4.69, 9.17) is 0 Å². The Kier molecular flexibility index (Phi) is 4.75. The van der Waals surface area contributed by atoms with Crippen molar-refractivity contribution in [1.29, 1.82) is 0 Å². The summed E-state index contributed by atoms with van der Waals surface area (Å²) in [6.07, 6.45) is -2.42. The fourth-order valence-corrected chi connectivity index (χ4v) is 1.37. The van der Waals surface area contributed by atoms with Gasteiger partial charge in [-0.15, -0.1) is 0 Å². The van der Waals surface area contributed by atoms with Crippen molar-refractivity contribution in [3.63, 3.8) is 0 Å². The summed E-state index contributed by atoms with van der Waals surface area (Å²) < 4.78 is 37.3. The Bertz CT molecular complexity index is 400. The monoisotopic (exact) mass is 263 g/mol. The van der Waals surface area contributed by atoms with Gasteiger partial charge in [-0.05, 0) is 19.4 Å². The van der Waals surface area contributed by atoms with Crippen LogP contribution in [0.15, 0.2) is 12.4 Å². The highest BCUT2D eigenvalue weighted by atomic mass is 19.4. The molecule has 1 aromatic rings. The van der Waals surface area contributed by atoms with Gasteiger partial charge < -0.3 is 5.32 Å². The quantitative estimate of drug-likeness (QED) is 0.885. The molecule has 1 rings (SSSR count). The van der Waals surface area contributed by atoms with Crippen molar-refractivity contribution in [2.24, 2.45) is 0 Å². The van der Waals surface area contributed by atoms with Gasteiger partial charge in [0, 0.05) is 19.2 Å². The van der Waals surface area contributed by atoms with Crippen LogP contribution < -0.4 is 5.32 Å². The van der Waals surface area contributed by atoms with Crippen molar-refractivity contribution in [2.75, 3.05) is 6.54 Å². The second kappa shape index (κ2) is 5.88. The van der Waals surface area contributed by atoms with Crippen molar-refractivity contribution in [3.05, 3.63) is 18.0 Å². The molecule has 0 aliphatic carbocycles. The van der Waals surface area contributed by atoms with E-state index in [2.05, 4.69) is 10.4 Å². The predicted molar refractivity (Wildman–Crippen MR) is 60.0 cm³/mol. The molecule has 0 saturated heterocycles. The van der Waals surface area contributed by atoms with Gasteiger partial charge in [0.1, 0.15) is 0 Å². The molecule has 0 bridgehead atoms. The molecule has 1 amide bonds. The van der Waals surface area contributed by atoms with E-state index in [9.17, 15) is 18.0 Å². The summed E-state index contributed by atoms with van der Waals surface area (Å²) in [6, 6.07) is -0.0893. The van der Waals surface area contributed by atoms with Crippen molar-refractivity contribution in [2.45, 2.75) is 38.9 Å². The van der Waals surface area contributed by atoms with Crippen molar-refractivity contribution >= 4 is 5.91 Å². The zero-order chi connectivity index (χ0) is 13.8. The Morgan fingerprint density at radius 1 is 1.56 bits per heavy atom. The lowest BCUT2D eigenvalue weighted by molar-refractivity contribution is -0.144. The molecule has 1 N–H and O–H groups in total. The Hall–Kier alpha value is -1.53. The van der Waals surface area contributed by atoms with Gasteiger partial charge in [0.05, 0.1) is 18.7 Å². The average molecular weight is 263 g/mol. The van der Waals surface area contributed by atoms with Gasteiger partial charge in [0.2, 0.25) is 5.91 Å². The smallest absolute Gasteiger partial charge is 0.354 e. The minimum Gasteiger partial charge on any atom is -0.354 e. The van der Waals surface area contributed by atoms with Crippen LogP contribution in [0.3, 0.4) is 0 Å². The van der Waals surface area contributed by atoms with Crippen LogP contribution >= 0.6 is 0 Å². The highest BCUT2D eigenvalue weighted by molar-refractivity contribution is 5.75. The van der Waals surface area contributed by atoms with Crippen molar-refractivity contribution < 1.29 is 18.0 Å². The number of amides is 1. The van der Waals surface area contributed by atoms with Crippen molar-refractivity contribution in [1.82, 2.24) is 15.1 Å². The van der Waals surface area contributed by atoms with Gasteiger partial charge in [0.25, 0.3) is 0 Å². The first-order valence-corrected chi connectivity index (χ1v) is 5.62. The SMILES string of the molecule is Cc1cnn(C(C)CNC(=O)CCC(F)(F)F)c1. The normalized spacial score (nSPS) is 13.4. The van der Waals surface area contributed by atoms with Gasteiger partial charge in [-0.1, -0.05) is 0 Å². The molecule has 1 heterocycles. The number of carbonyl (C=O) groups excluding carboxylic acids is 1. The number of rotatable bonds is 5. The number of halogens is 3. The zero-order valence-electron chi connectivity index (χ0n) is 10.3. The third-order valence-electron chi connectivity index (χ3n) is 2.41. The molecular weight excluding hydrogens is 247 g/mol. The van der Waals surface area contributed by atoms with E-state index < -0.39 is 24.9 Å². The van der Waals surface area contributed by atoms with Crippen molar-refractivity contribution in [3.8, 4) is 0 Å². The summed E-state index contributed by atoms with van der Waals surface area (Å²) in [7, 11) is 0. The Labute approximate surface area is 103 Å². The number of hydrogen-bond donors (Lipinski definition) is 1. The topological polar surface area (TPSA) is 46.9 Å². The van der Waals surface area contributed by atoms with Crippen LogP contribution in [-0.4, -0.2) is 28.4 Å². The Morgan fingerprint density at radius 3 is 2.72 bits per heavy atom. The maximum atomic E-state index is 11.9. The lowest BCUT2D eigenvalue weighted by atomic mass is 10.2. The Balaban J connectivity index is 2.30. The third-order valence-corrected chi connectivity index (χ3v) is 2.41. The highest BCUT2D eigenvalue weighted by Crippen LogP contribution is 2.21. The van der Waals surface area contributed by atoms with Crippen LogP contribution in [0, 0.1) is 6.92 Å². The molecule has 0 fully saturated rings. The molecule has 7 heteroatoms. The summed E-state index contributed by atoms with van der Waals surface area (Å²) in [6.45, 7) is 3.98.